The molecule has 1 heterocycles. The first-order valence-corrected chi connectivity index (χ1v) is 8.21. The van der Waals surface area contributed by atoms with Gasteiger partial charge >= 0.3 is 6.18 Å². The van der Waals surface area contributed by atoms with E-state index >= 15 is 0 Å². The molecule has 0 unspecified atom stereocenters. The third-order valence-corrected chi connectivity index (χ3v) is 3.47. The third-order valence-electron chi connectivity index (χ3n) is 3.47. The fourth-order valence-corrected chi connectivity index (χ4v) is 2.20. The first-order valence-electron chi connectivity index (χ1n) is 8.21. The molecule has 1 aromatic heterocycles. The van der Waals surface area contributed by atoms with Gasteiger partial charge in [0.25, 0.3) is 0 Å². The van der Waals surface area contributed by atoms with E-state index in [4.69, 9.17) is 0 Å². The number of nitrogens with zero attached hydrogens (tertiary/aromatic N) is 3. The van der Waals surface area contributed by atoms with Gasteiger partial charge in [0.1, 0.15) is 11.5 Å². The molecule has 0 radical (unpaired) electrons. The first kappa shape index (κ1) is 23.9. The van der Waals surface area contributed by atoms with Crippen LogP contribution in [0.4, 0.5) is 23.5 Å². The zero-order valence-electron chi connectivity index (χ0n) is 15.1. The lowest BCUT2D eigenvalue weighted by atomic mass is 10.1. The molecule has 6 nitrogen and oxygen atoms in total. The van der Waals surface area contributed by atoms with Crippen LogP contribution in [0.15, 0.2) is 41.5 Å². The zero-order chi connectivity index (χ0) is 19.7. The molecule has 0 spiro atoms. The summed E-state index contributed by atoms with van der Waals surface area (Å²) in [6.07, 6.45) is -2.83. The molecule has 154 valence electrons. The van der Waals surface area contributed by atoms with Crippen LogP contribution in [0.5, 0.6) is 0 Å². The minimum Gasteiger partial charge on any atom is -0.356 e. The maximum atomic E-state index is 13.1. The number of aliphatic imine (C=N–C) groups is 1. The van der Waals surface area contributed by atoms with E-state index in [0.29, 0.717) is 32.0 Å². The summed E-state index contributed by atoms with van der Waals surface area (Å²) in [4.78, 5) is 11.2. The molecule has 2 rings (SSSR count). The quantitative estimate of drug-likeness (QED) is 0.175. The predicted molar refractivity (Wildman–Crippen MR) is 110 cm³/mol. The molecule has 2 aromatic rings. The van der Waals surface area contributed by atoms with Gasteiger partial charge in [-0.25, -0.2) is 14.4 Å². The van der Waals surface area contributed by atoms with Gasteiger partial charge in [-0.2, -0.15) is 13.2 Å². The molecule has 0 aliphatic carbocycles. The van der Waals surface area contributed by atoms with E-state index < -0.39 is 11.9 Å². The summed E-state index contributed by atoms with van der Waals surface area (Å²) >= 11 is 0. The Morgan fingerprint density at radius 1 is 1.11 bits per heavy atom. The Kier molecular flexibility index (Phi) is 9.90. The highest BCUT2D eigenvalue weighted by Crippen LogP contribution is 2.27. The number of hydrogen-bond acceptors (Lipinski definition) is 4. The largest absolute Gasteiger partial charge is 0.433 e. The van der Waals surface area contributed by atoms with E-state index in [1.807, 2.05) is 6.07 Å². The molecule has 0 amide bonds. The summed E-state index contributed by atoms with van der Waals surface area (Å²) in [6.45, 7) is 1.23. The third kappa shape index (κ3) is 8.23. The van der Waals surface area contributed by atoms with E-state index in [2.05, 4.69) is 30.9 Å². The molecule has 0 fully saturated rings. The van der Waals surface area contributed by atoms with Gasteiger partial charge in [0, 0.05) is 32.9 Å². The Morgan fingerprint density at radius 3 is 2.54 bits per heavy atom. The number of anilines is 1. The second kappa shape index (κ2) is 11.6. The van der Waals surface area contributed by atoms with Crippen LogP contribution in [0.25, 0.3) is 0 Å². The van der Waals surface area contributed by atoms with Crippen molar-refractivity contribution in [2.45, 2.75) is 12.6 Å². The number of alkyl halides is 3. The van der Waals surface area contributed by atoms with Crippen molar-refractivity contribution in [1.82, 2.24) is 20.6 Å². The Balaban J connectivity index is 0.00000392. The summed E-state index contributed by atoms with van der Waals surface area (Å²) in [6, 6.07) is 7.16. The Hall–Kier alpha value is -2.18. The van der Waals surface area contributed by atoms with Crippen LogP contribution < -0.4 is 16.0 Å². The molecular weight excluding hydrogens is 491 g/mol. The Labute approximate surface area is 177 Å². The fraction of sp³-hybridized carbons (Fsp3) is 0.353. The van der Waals surface area contributed by atoms with Crippen molar-refractivity contribution in [3.63, 3.8) is 0 Å². The number of hydrogen-bond donors (Lipinski definition) is 3. The summed E-state index contributed by atoms with van der Waals surface area (Å²) in [5.41, 5.74) is -0.135. The fourth-order valence-electron chi connectivity index (χ4n) is 2.20. The number of aromatic nitrogens is 2. The van der Waals surface area contributed by atoms with Crippen LogP contribution in [0, 0.1) is 5.82 Å². The molecule has 0 aliphatic heterocycles. The summed E-state index contributed by atoms with van der Waals surface area (Å²) in [5, 5.41) is 8.80. The summed E-state index contributed by atoms with van der Waals surface area (Å²) in [7, 11) is 1.60. The van der Waals surface area contributed by atoms with Crippen molar-refractivity contribution >= 4 is 35.9 Å². The molecule has 1 aromatic carbocycles. The first-order chi connectivity index (χ1) is 12.9. The molecule has 11 heteroatoms. The lowest BCUT2D eigenvalue weighted by Crippen LogP contribution is -2.40. The molecule has 0 aliphatic rings. The van der Waals surface area contributed by atoms with Crippen molar-refractivity contribution in [2.24, 2.45) is 4.99 Å². The monoisotopic (exact) mass is 512 g/mol. The van der Waals surface area contributed by atoms with Crippen LogP contribution in [-0.4, -0.2) is 42.6 Å². The number of halogens is 5. The molecule has 0 saturated carbocycles. The van der Waals surface area contributed by atoms with Gasteiger partial charge in [0.2, 0.25) is 5.95 Å². The minimum absolute atomic E-state index is 0. The highest BCUT2D eigenvalue weighted by molar-refractivity contribution is 14.0. The molecular formula is C17H21F4IN6. The summed E-state index contributed by atoms with van der Waals surface area (Å²) in [5.74, 6) is 0.150. The Bertz CT molecular complexity index is 769. The normalized spacial score (nSPS) is 11.5. The van der Waals surface area contributed by atoms with Crippen molar-refractivity contribution in [2.75, 3.05) is 32.0 Å². The van der Waals surface area contributed by atoms with Gasteiger partial charge in [-0.3, -0.25) is 4.99 Å². The van der Waals surface area contributed by atoms with E-state index in [1.165, 1.54) is 12.1 Å². The van der Waals surface area contributed by atoms with Crippen molar-refractivity contribution < 1.29 is 17.6 Å². The molecule has 28 heavy (non-hydrogen) atoms. The maximum Gasteiger partial charge on any atom is 0.433 e. The van der Waals surface area contributed by atoms with Crippen LogP contribution >= 0.6 is 24.0 Å². The van der Waals surface area contributed by atoms with Gasteiger partial charge in [0.05, 0.1) is 0 Å². The van der Waals surface area contributed by atoms with Crippen LogP contribution in [-0.2, 0) is 12.6 Å². The van der Waals surface area contributed by atoms with Crippen LogP contribution in [0.3, 0.4) is 0 Å². The molecule has 0 bridgehead atoms. The highest BCUT2D eigenvalue weighted by atomic mass is 127. The molecule has 0 saturated heterocycles. The van der Waals surface area contributed by atoms with E-state index in [1.54, 1.807) is 13.1 Å². The minimum atomic E-state index is -4.51. The number of benzene rings is 1. The second-order valence-electron chi connectivity index (χ2n) is 5.50. The van der Waals surface area contributed by atoms with Crippen LogP contribution in [0.2, 0.25) is 0 Å². The predicted octanol–water partition coefficient (Wildman–Crippen LogP) is 3.07. The Morgan fingerprint density at radius 2 is 1.86 bits per heavy atom. The van der Waals surface area contributed by atoms with Crippen molar-refractivity contribution in [3.05, 3.63) is 53.6 Å². The van der Waals surface area contributed by atoms with Gasteiger partial charge < -0.3 is 16.0 Å². The SMILES string of the molecule is CN=C(NCCNc1nccc(C(F)(F)F)n1)NCCc1cccc(F)c1.I. The van der Waals surface area contributed by atoms with Gasteiger partial charge in [-0.1, -0.05) is 12.1 Å². The lowest BCUT2D eigenvalue weighted by molar-refractivity contribution is -0.141. The van der Waals surface area contributed by atoms with Gasteiger partial charge in [0.15, 0.2) is 5.96 Å². The average Bonchev–Trinajstić information content (AvgIpc) is 2.63. The summed E-state index contributed by atoms with van der Waals surface area (Å²) < 4.78 is 50.9. The average molecular weight is 512 g/mol. The number of rotatable bonds is 7. The van der Waals surface area contributed by atoms with Gasteiger partial charge in [-0.05, 0) is 30.2 Å². The van der Waals surface area contributed by atoms with Gasteiger partial charge in [-0.15, -0.1) is 24.0 Å². The van der Waals surface area contributed by atoms with Crippen molar-refractivity contribution in [3.8, 4) is 0 Å². The maximum absolute atomic E-state index is 13.1. The second-order valence-corrected chi connectivity index (χ2v) is 5.50. The van der Waals surface area contributed by atoms with Crippen molar-refractivity contribution in [1.29, 1.82) is 0 Å². The lowest BCUT2D eigenvalue weighted by Gasteiger charge is -2.13. The topological polar surface area (TPSA) is 74.2 Å². The van der Waals surface area contributed by atoms with E-state index in [9.17, 15) is 17.6 Å². The van der Waals surface area contributed by atoms with E-state index in [0.717, 1.165) is 17.8 Å². The smallest absolute Gasteiger partial charge is 0.356 e. The standard InChI is InChI=1S/C17H20F4N6.HI/c1-22-15(23-7-5-12-3-2-4-13(18)11-12)25-9-10-26-16-24-8-6-14(27-16)17(19,20)21;/h2-4,6,8,11H,5,7,9-10H2,1H3,(H2,22,23,25)(H,24,26,27);1H. The number of nitrogens with one attached hydrogen (secondary N) is 3. The highest BCUT2D eigenvalue weighted by Gasteiger charge is 2.32. The van der Waals surface area contributed by atoms with E-state index in [-0.39, 0.29) is 35.7 Å². The molecule has 0 atom stereocenters. The zero-order valence-corrected chi connectivity index (χ0v) is 17.4. The van der Waals surface area contributed by atoms with Crippen LogP contribution in [0.1, 0.15) is 11.3 Å². The number of guanidine groups is 1. The molecule has 3 N–H and O–H groups in total.